The van der Waals surface area contributed by atoms with Crippen LogP contribution in [0, 0.1) is 20.8 Å². The number of para-hydroxylation sites is 1. The molecule has 0 saturated heterocycles. The summed E-state index contributed by atoms with van der Waals surface area (Å²) in [6.45, 7) is 10.1. The SMILES string of the molecule is CCCOc1ccccc1CNc1c(C)cc(C)cc1C. The molecule has 0 saturated carbocycles. The van der Waals surface area contributed by atoms with Crippen molar-refractivity contribution in [3.8, 4) is 5.75 Å². The van der Waals surface area contributed by atoms with Gasteiger partial charge in [-0.3, -0.25) is 0 Å². The molecule has 0 heterocycles. The molecule has 0 aromatic heterocycles. The van der Waals surface area contributed by atoms with Crippen molar-refractivity contribution in [2.45, 2.75) is 40.7 Å². The Kier molecular flexibility index (Phi) is 5.26. The number of nitrogens with one attached hydrogen (secondary N) is 1. The van der Waals surface area contributed by atoms with Crippen molar-refractivity contribution in [2.24, 2.45) is 0 Å². The summed E-state index contributed by atoms with van der Waals surface area (Å²) in [4.78, 5) is 0. The quantitative estimate of drug-likeness (QED) is 0.804. The minimum absolute atomic E-state index is 0.763. The van der Waals surface area contributed by atoms with Gasteiger partial charge in [0.25, 0.3) is 0 Å². The topological polar surface area (TPSA) is 21.3 Å². The summed E-state index contributed by atoms with van der Waals surface area (Å²) in [5, 5.41) is 3.56. The van der Waals surface area contributed by atoms with Gasteiger partial charge in [0.2, 0.25) is 0 Å². The maximum absolute atomic E-state index is 5.81. The number of aryl methyl sites for hydroxylation is 3. The average Bonchev–Trinajstić information content (AvgIpc) is 2.45. The van der Waals surface area contributed by atoms with Gasteiger partial charge in [0.1, 0.15) is 5.75 Å². The average molecular weight is 283 g/mol. The van der Waals surface area contributed by atoms with Crippen molar-refractivity contribution in [1.82, 2.24) is 0 Å². The second-order valence-corrected chi connectivity index (χ2v) is 5.58. The maximum Gasteiger partial charge on any atom is 0.124 e. The lowest BCUT2D eigenvalue weighted by atomic mass is 10.0. The molecule has 2 rings (SSSR count). The molecule has 0 aliphatic heterocycles. The molecule has 0 bridgehead atoms. The van der Waals surface area contributed by atoms with Crippen LogP contribution in [-0.4, -0.2) is 6.61 Å². The molecule has 2 aromatic carbocycles. The van der Waals surface area contributed by atoms with E-state index < -0.39 is 0 Å². The number of rotatable bonds is 6. The molecule has 2 nitrogen and oxygen atoms in total. The number of hydrogen-bond acceptors (Lipinski definition) is 2. The molecular formula is C19H25NO. The Balaban J connectivity index is 2.13. The van der Waals surface area contributed by atoms with Crippen LogP contribution < -0.4 is 10.1 Å². The second-order valence-electron chi connectivity index (χ2n) is 5.58. The Morgan fingerprint density at radius 2 is 1.67 bits per heavy atom. The van der Waals surface area contributed by atoms with Crippen LogP contribution >= 0.6 is 0 Å². The van der Waals surface area contributed by atoms with Gasteiger partial charge in [-0.05, 0) is 44.4 Å². The van der Waals surface area contributed by atoms with Gasteiger partial charge in [-0.25, -0.2) is 0 Å². The Hall–Kier alpha value is -1.96. The fourth-order valence-corrected chi connectivity index (χ4v) is 2.65. The minimum Gasteiger partial charge on any atom is -0.493 e. The van der Waals surface area contributed by atoms with E-state index in [9.17, 15) is 0 Å². The highest BCUT2D eigenvalue weighted by molar-refractivity contribution is 5.58. The first-order valence-electron chi connectivity index (χ1n) is 7.64. The van der Waals surface area contributed by atoms with Crippen LogP contribution in [0.15, 0.2) is 36.4 Å². The van der Waals surface area contributed by atoms with Crippen LogP contribution in [0.25, 0.3) is 0 Å². The zero-order chi connectivity index (χ0) is 15.2. The molecule has 0 atom stereocenters. The number of benzene rings is 2. The molecule has 1 N–H and O–H groups in total. The van der Waals surface area contributed by atoms with E-state index in [1.807, 2.05) is 12.1 Å². The minimum atomic E-state index is 0.763. The molecule has 0 radical (unpaired) electrons. The van der Waals surface area contributed by atoms with Crippen LogP contribution in [0.5, 0.6) is 5.75 Å². The normalized spacial score (nSPS) is 10.5. The van der Waals surface area contributed by atoms with Gasteiger partial charge in [-0.2, -0.15) is 0 Å². The van der Waals surface area contributed by atoms with Crippen LogP contribution in [-0.2, 0) is 6.54 Å². The lowest BCUT2D eigenvalue weighted by molar-refractivity contribution is 0.314. The van der Waals surface area contributed by atoms with E-state index in [1.54, 1.807) is 0 Å². The van der Waals surface area contributed by atoms with Gasteiger partial charge in [0.15, 0.2) is 0 Å². The lowest BCUT2D eigenvalue weighted by Gasteiger charge is -2.16. The summed E-state index contributed by atoms with van der Waals surface area (Å²) in [6.07, 6.45) is 1.03. The largest absolute Gasteiger partial charge is 0.493 e. The number of ether oxygens (including phenoxy) is 1. The maximum atomic E-state index is 5.81. The third-order valence-electron chi connectivity index (χ3n) is 3.57. The van der Waals surface area contributed by atoms with Crippen LogP contribution in [0.4, 0.5) is 5.69 Å². The second kappa shape index (κ2) is 7.16. The van der Waals surface area contributed by atoms with Crippen LogP contribution in [0.1, 0.15) is 35.6 Å². The molecule has 0 fully saturated rings. The van der Waals surface area contributed by atoms with E-state index in [0.29, 0.717) is 0 Å². The standard InChI is InChI=1S/C19H25NO/c1-5-10-21-18-9-7-6-8-17(18)13-20-19-15(3)11-14(2)12-16(19)4/h6-9,11-12,20H,5,10,13H2,1-4H3. The molecule has 2 aromatic rings. The first kappa shape index (κ1) is 15.4. The van der Waals surface area contributed by atoms with Gasteiger partial charge in [0, 0.05) is 17.8 Å². The third kappa shape index (κ3) is 4.01. The van der Waals surface area contributed by atoms with E-state index in [4.69, 9.17) is 4.74 Å². The van der Waals surface area contributed by atoms with E-state index in [0.717, 1.165) is 25.3 Å². The molecule has 0 unspecified atom stereocenters. The summed E-state index contributed by atoms with van der Waals surface area (Å²) in [6, 6.07) is 12.7. The van der Waals surface area contributed by atoms with Gasteiger partial charge in [-0.1, -0.05) is 42.8 Å². The predicted octanol–water partition coefficient (Wildman–Crippen LogP) is 5.01. The Morgan fingerprint density at radius 3 is 2.33 bits per heavy atom. The molecule has 0 amide bonds. The van der Waals surface area contributed by atoms with Gasteiger partial charge in [-0.15, -0.1) is 0 Å². The Labute approximate surface area is 128 Å². The number of hydrogen-bond donors (Lipinski definition) is 1. The van der Waals surface area contributed by atoms with Gasteiger partial charge in [0.05, 0.1) is 6.61 Å². The smallest absolute Gasteiger partial charge is 0.124 e. The summed E-state index contributed by atoms with van der Waals surface area (Å²) in [7, 11) is 0. The van der Waals surface area contributed by atoms with E-state index in [1.165, 1.54) is 27.9 Å². The van der Waals surface area contributed by atoms with Crippen LogP contribution in [0.2, 0.25) is 0 Å². The Morgan fingerprint density at radius 1 is 1.00 bits per heavy atom. The van der Waals surface area contributed by atoms with Crippen molar-refractivity contribution < 1.29 is 4.74 Å². The summed E-state index contributed by atoms with van der Waals surface area (Å²) < 4.78 is 5.81. The van der Waals surface area contributed by atoms with Crippen molar-refractivity contribution in [3.63, 3.8) is 0 Å². The summed E-state index contributed by atoms with van der Waals surface area (Å²) in [5.41, 5.74) is 6.32. The fourth-order valence-electron chi connectivity index (χ4n) is 2.65. The molecule has 21 heavy (non-hydrogen) atoms. The third-order valence-corrected chi connectivity index (χ3v) is 3.57. The first-order chi connectivity index (χ1) is 10.1. The fraction of sp³-hybridized carbons (Fsp3) is 0.368. The van der Waals surface area contributed by atoms with E-state index >= 15 is 0 Å². The van der Waals surface area contributed by atoms with E-state index in [2.05, 4.69) is 57.3 Å². The zero-order valence-corrected chi connectivity index (χ0v) is 13.5. The van der Waals surface area contributed by atoms with Gasteiger partial charge < -0.3 is 10.1 Å². The molecule has 112 valence electrons. The first-order valence-corrected chi connectivity index (χ1v) is 7.64. The highest BCUT2D eigenvalue weighted by Gasteiger charge is 2.06. The van der Waals surface area contributed by atoms with E-state index in [-0.39, 0.29) is 0 Å². The van der Waals surface area contributed by atoms with Crippen molar-refractivity contribution in [1.29, 1.82) is 0 Å². The summed E-state index contributed by atoms with van der Waals surface area (Å²) in [5.74, 6) is 0.981. The molecule has 0 aliphatic carbocycles. The lowest BCUT2D eigenvalue weighted by Crippen LogP contribution is -2.06. The Bertz CT molecular complexity index is 581. The summed E-state index contributed by atoms with van der Waals surface area (Å²) >= 11 is 0. The zero-order valence-electron chi connectivity index (χ0n) is 13.5. The highest BCUT2D eigenvalue weighted by Crippen LogP contribution is 2.24. The molecular weight excluding hydrogens is 258 g/mol. The monoisotopic (exact) mass is 283 g/mol. The number of anilines is 1. The van der Waals surface area contributed by atoms with Crippen molar-refractivity contribution in [2.75, 3.05) is 11.9 Å². The molecule has 0 spiro atoms. The van der Waals surface area contributed by atoms with Gasteiger partial charge >= 0.3 is 0 Å². The predicted molar refractivity (Wildman–Crippen MR) is 90.2 cm³/mol. The molecule has 2 heteroatoms. The van der Waals surface area contributed by atoms with Crippen LogP contribution in [0.3, 0.4) is 0 Å². The highest BCUT2D eigenvalue weighted by atomic mass is 16.5. The van der Waals surface area contributed by atoms with Crippen molar-refractivity contribution in [3.05, 3.63) is 58.7 Å². The molecule has 0 aliphatic rings. The van der Waals surface area contributed by atoms with Crippen molar-refractivity contribution >= 4 is 5.69 Å².